The predicted octanol–water partition coefficient (Wildman–Crippen LogP) is 4.66. The highest BCUT2D eigenvalue weighted by molar-refractivity contribution is 5.85. The van der Waals surface area contributed by atoms with E-state index < -0.39 is 0 Å². The Kier molecular flexibility index (Phi) is 8.59. The largest absolute Gasteiger partial charge is 0.493 e. The first kappa shape index (κ1) is 24.1. The van der Waals surface area contributed by atoms with Crippen molar-refractivity contribution < 1.29 is 4.74 Å². The first-order chi connectivity index (χ1) is 13.7. The number of anilines is 1. The van der Waals surface area contributed by atoms with E-state index in [4.69, 9.17) is 4.74 Å². The Labute approximate surface area is 191 Å². The van der Waals surface area contributed by atoms with E-state index in [1.54, 1.807) is 7.11 Å². The molecule has 1 aliphatic rings. The number of rotatable bonds is 5. The molecule has 0 bridgehead atoms. The van der Waals surface area contributed by atoms with Gasteiger partial charge in [-0.1, -0.05) is 18.2 Å². The topological polar surface area (TPSA) is 33.5 Å². The van der Waals surface area contributed by atoms with E-state index in [2.05, 4.69) is 69.6 Å². The van der Waals surface area contributed by atoms with Crippen LogP contribution in [0.25, 0.3) is 5.69 Å². The zero-order chi connectivity index (χ0) is 19.5. The van der Waals surface area contributed by atoms with E-state index in [9.17, 15) is 0 Å². The van der Waals surface area contributed by atoms with E-state index >= 15 is 0 Å². The molecule has 1 saturated heterocycles. The Morgan fingerprint density at radius 2 is 1.63 bits per heavy atom. The molecule has 0 radical (unpaired) electrons. The van der Waals surface area contributed by atoms with Crippen molar-refractivity contribution in [1.29, 1.82) is 0 Å². The molecule has 3 heterocycles. The second-order valence-electron chi connectivity index (χ2n) is 7.36. The molecule has 1 aliphatic heterocycles. The molecule has 3 aromatic rings. The van der Waals surface area contributed by atoms with Gasteiger partial charge in [0.15, 0.2) is 11.6 Å². The summed E-state index contributed by atoms with van der Waals surface area (Å²) in [5, 5.41) is 0. The molecule has 0 N–H and O–H groups in total. The lowest BCUT2D eigenvalue weighted by Crippen LogP contribution is -2.46. The van der Waals surface area contributed by atoms with E-state index in [0.29, 0.717) is 0 Å². The summed E-state index contributed by atoms with van der Waals surface area (Å²) in [6, 6.07) is 16.8. The average molecular weight is 449 g/mol. The van der Waals surface area contributed by atoms with E-state index in [1.165, 1.54) is 22.6 Å². The van der Waals surface area contributed by atoms with Crippen LogP contribution in [0.3, 0.4) is 0 Å². The summed E-state index contributed by atoms with van der Waals surface area (Å²) in [5.41, 5.74) is 5.26. The second kappa shape index (κ2) is 10.7. The van der Waals surface area contributed by atoms with Crippen molar-refractivity contribution in [3.63, 3.8) is 0 Å². The van der Waals surface area contributed by atoms with Gasteiger partial charge in [-0.15, -0.1) is 24.8 Å². The molecule has 1 fully saturated rings. The fourth-order valence-electron chi connectivity index (χ4n) is 4.10. The molecule has 4 rings (SSSR count). The van der Waals surface area contributed by atoms with Gasteiger partial charge in [0.2, 0.25) is 0 Å². The SMILES string of the molecule is COc1cccnc1N1CCN(Cc2cc(C)n(-c3ccccc3)c2C)CC1.Cl.Cl. The summed E-state index contributed by atoms with van der Waals surface area (Å²) >= 11 is 0. The summed E-state index contributed by atoms with van der Waals surface area (Å²) in [6.45, 7) is 9.37. The third-order valence-corrected chi connectivity index (χ3v) is 5.59. The molecule has 5 nitrogen and oxygen atoms in total. The summed E-state index contributed by atoms with van der Waals surface area (Å²) in [4.78, 5) is 9.38. The highest BCUT2D eigenvalue weighted by Crippen LogP contribution is 2.27. The Hall–Kier alpha value is -2.21. The van der Waals surface area contributed by atoms with Crippen molar-refractivity contribution in [3.8, 4) is 11.4 Å². The molecule has 0 spiro atoms. The number of hydrogen-bond acceptors (Lipinski definition) is 4. The quantitative estimate of drug-likeness (QED) is 0.567. The van der Waals surface area contributed by atoms with Crippen molar-refractivity contribution in [2.45, 2.75) is 20.4 Å². The van der Waals surface area contributed by atoms with Gasteiger partial charge >= 0.3 is 0 Å². The maximum absolute atomic E-state index is 5.47. The number of para-hydroxylation sites is 1. The van der Waals surface area contributed by atoms with Crippen LogP contribution in [0.5, 0.6) is 5.75 Å². The summed E-state index contributed by atoms with van der Waals surface area (Å²) < 4.78 is 7.83. The lowest BCUT2D eigenvalue weighted by molar-refractivity contribution is 0.248. The molecular weight excluding hydrogens is 419 g/mol. The number of hydrogen-bond donors (Lipinski definition) is 0. The molecule has 0 aliphatic carbocycles. The molecule has 1 aromatic carbocycles. The van der Waals surface area contributed by atoms with Crippen molar-refractivity contribution in [1.82, 2.24) is 14.5 Å². The molecular formula is C23H30Cl2N4O. The van der Waals surface area contributed by atoms with Crippen LogP contribution in [0.15, 0.2) is 54.7 Å². The van der Waals surface area contributed by atoms with Crippen LogP contribution in [0.1, 0.15) is 17.0 Å². The van der Waals surface area contributed by atoms with Gasteiger partial charge < -0.3 is 14.2 Å². The lowest BCUT2D eigenvalue weighted by Gasteiger charge is -2.35. The van der Waals surface area contributed by atoms with E-state index in [0.717, 1.165) is 44.3 Å². The standard InChI is InChI=1S/C23H28N4O.2ClH/c1-18-16-20(19(2)27(18)21-8-5-4-6-9-21)17-25-12-14-26(15-13-25)23-22(28-3)10-7-11-24-23;;/h4-11,16H,12-15,17H2,1-3H3;2*1H. The Morgan fingerprint density at radius 1 is 0.933 bits per heavy atom. The Balaban J connectivity index is 0.00000160. The van der Waals surface area contributed by atoms with Crippen LogP contribution in [-0.2, 0) is 6.54 Å². The van der Waals surface area contributed by atoms with Gasteiger partial charge in [0.05, 0.1) is 7.11 Å². The monoisotopic (exact) mass is 448 g/mol. The summed E-state index contributed by atoms with van der Waals surface area (Å²) in [5.74, 6) is 1.80. The van der Waals surface area contributed by atoms with E-state index in [-0.39, 0.29) is 24.8 Å². The number of benzene rings is 1. The van der Waals surface area contributed by atoms with Gasteiger partial charge in [-0.2, -0.15) is 0 Å². The molecule has 162 valence electrons. The van der Waals surface area contributed by atoms with Crippen molar-refractivity contribution in [2.24, 2.45) is 0 Å². The van der Waals surface area contributed by atoms with Crippen LogP contribution in [0.2, 0.25) is 0 Å². The van der Waals surface area contributed by atoms with Crippen molar-refractivity contribution in [3.05, 3.63) is 71.7 Å². The first-order valence-corrected chi connectivity index (χ1v) is 9.87. The lowest BCUT2D eigenvalue weighted by atomic mass is 10.2. The zero-order valence-electron chi connectivity index (χ0n) is 17.7. The Morgan fingerprint density at radius 3 is 2.30 bits per heavy atom. The normalized spacial score (nSPS) is 14.0. The summed E-state index contributed by atoms with van der Waals surface area (Å²) in [6.07, 6.45) is 1.84. The highest BCUT2D eigenvalue weighted by atomic mass is 35.5. The number of nitrogens with zero attached hydrogens (tertiary/aromatic N) is 4. The minimum atomic E-state index is 0. The smallest absolute Gasteiger partial charge is 0.171 e. The predicted molar refractivity (Wildman–Crippen MR) is 128 cm³/mol. The van der Waals surface area contributed by atoms with Gasteiger partial charge in [0.1, 0.15) is 0 Å². The number of methoxy groups -OCH3 is 1. The number of aromatic nitrogens is 2. The minimum absolute atomic E-state index is 0. The number of pyridine rings is 1. The third kappa shape index (κ3) is 4.91. The van der Waals surface area contributed by atoms with Crippen LogP contribution in [0, 0.1) is 13.8 Å². The molecule has 0 saturated carbocycles. The molecule has 0 amide bonds. The van der Waals surface area contributed by atoms with Gasteiger partial charge in [-0.25, -0.2) is 4.98 Å². The Bertz CT molecular complexity index is 938. The first-order valence-electron chi connectivity index (χ1n) is 9.87. The number of halogens is 2. The average Bonchev–Trinajstić information content (AvgIpc) is 3.02. The number of ether oxygens (including phenoxy) is 1. The van der Waals surface area contributed by atoms with Crippen LogP contribution in [-0.4, -0.2) is 47.7 Å². The van der Waals surface area contributed by atoms with Crippen LogP contribution >= 0.6 is 24.8 Å². The third-order valence-electron chi connectivity index (χ3n) is 5.59. The maximum Gasteiger partial charge on any atom is 0.171 e. The van der Waals surface area contributed by atoms with Crippen LogP contribution < -0.4 is 9.64 Å². The van der Waals surface area contributed by atoms with Crippen molar-refractivity contribution in [2.75, 3.05) is 38.2 Å². The molecule has 0 atom stereocenters. The fourth-order valence-corrected chi connectivity index (χ4v) is 4.10. The summed E-state index contributed by atoms with van der Waals surface area (Å²) in [7, 11) is 1.71. The fraction of sp³-hybridized carbons (Fsp3) is 0.348. The van der Waals surface area contributed by atoms with Crippen molar-refractivity contribution >= 4 is 30.6 Å². The molecule has 7 heteroatoms. The maximum atomic E-state index is 5.47. The van der Waals surface area contributed by atoms with Gasteiger partial charge in [-0.3, -0.25) is 4.90 Å². The molecule has 2 aromatic heterocycles. The number of aryl methyl sites for hydroxylation is 1. The minimum Gasteiger partial charge on any atom is -0.493 e. The van der Waals surface area contributed by atoms with Gasteiger partial charge in [-0.05, 0) is 49.7 Å². The molecule has 30 heavy (non-hydrogen) atoms. The van der Waals surface area contributed by atoms with Crippen LogP contribution in [0.4, 0.5) is 5.82 Å². The highest BCUT2D eigenvalue weighted by Gasteiger charge is 2.22. The second-order valence-corrected chi connectivity index (χ2v) is 7.36. The molecule has 0 unspecified atom stereocenters. The van der Waals surface area contributed by atoms with Gasteiger partial charge in [0, 0.05) is 56.0 Å². The van der Waals surface area contributed by atoms with E-state index in [1.807, 2.05) is 18.3 Å². The van der Waals surface area contributed by atoms with Gasteiger partial charge in [0.25, 0.3) is 0 Å². The number of piperazine rings is 1. The zero-order valence-corrected chi connectivity index (χ0v) is 19.4.